The number of aliphatic hydroxyl groups excluding tert-OH is 1. The molecule has 2 heterocycles. The first-order valence-corrected chi connectivity index (χ1v) is 8.17. The first kappa shape index (κ1) is 14.6. The number of rotatable bonds is 4. The van der Waals surface area contributed by atoms with Crippen molar-refractivity contribution in [2.75, 3.05) is 18.1 Å². The van der Waals surface area contributed by atoms with Crippen LogP contribution in [0.1, 0.15) is 42.3 Å². The van der Waals surface area contributed by atoms with Crippen LogP contribution >= 0.6 is 11.8 Å². The molecule has 6 heteroatoms. The van der Waals surface area contributed by atoms with E-state index >= 15 is 0 Å². The first-order chi connectivity index (χ1) is 10.3. The maximum atomic E-state index is 10.4. The van der Waals surface area contributed by atoms with Crippen LogP contribution in [-0.4, -0.2) is 33.4 Å². The summed E-state index contributed by atoms with van der Waals surface area (Å²) < 4.78 is 10.9. The highest BCUT2D eigenvalue weighted by molar-refractivity contribution is 7.99. The Morgan fingerprint density at radius 1 is 1.33 bits per heavy atom. The fourth-order valence-corrected chi connectivity index (χ4v) is 3.11. The van der Waals surface area contributed by atoms with Crippen LogP contribution < -0.4 is 0 Å². The van der Waals surface area contributed by atoms with Gasteiger partial charge in [0.1, 0.15) is 6.10 Å². The zero-order valence-corrected chi connectivity index (χ0v) is 12.6. The lowest BCUT2D eigenvalue weighted by molar-refractivity contribution is 0.0677. The van der Waals surface area contributed by atoms with Crippen molar-refractivity contribution < 1.29 is 14.4 Å². The Bertz CT molecular complexity index is 569. The molecule has 0 aliphatic carbocycles. The molecule has 112 valence electrons. The van der Waals surface area contributed by atoms with Crippen molar-refractivity contribution in [1.29, 1.82) is 0 Å². The summed E-state index contributed by atoms with van der Waals surface area (Å²) in [6.07, 6.45) is -0.775. The van der Waals surface area contributed by atoms with E-state index in [-0.39, 0.29) is 12.0 Å². The van der Waals surface area contributed by atoms with Gasteiger partial charge in [0.05, 0.1) is 18.6 Å². The fourth-order valence-electron chi connectivity index (χ4n) is 2.27. The van der Waals surface area contributed by atoms with Gasteiger partial charge < -0.3 is 14.4 Å². The molecule has 1 N–H and O–H groups in total. The van der Waals surface area contributed by atoms with E-state index in [1.54, 1.807) is 0 Å². The monoisotopic (exact) mass is 306 g/mol. The molecule has 0 spiro atoms. The van der Waals surface area contributed by atoms with E-state index < -0.39 is 6.10 Å². The van der Waals surface area contributed by atoms with Gasteiger partial charge in [-0.05, 0) is 5.56 Å². The Kier molecular flexibility index (Phi) is 4.57. The van der Waals surface area contributed by atoms with Gasteiger partial charge in [0.2, 0.25) is 11.7 Å². The van der Waals surface area contributed by atoms with Crippen LogP contribution in [0.15, 0.2) is 34.9 Å². The van der Waals surface area contributed by atoms with Gasteiger partial charge in [-0.3, -0.25) is 0 Å². The summed E-state index contributed by atoms with van der Waals surface area (Å²) in [5.41, 5.74) is 0.842. The third kappa shape index (κ3) is 3.28. The Morgan fingerprint density at radius 2 is 2.14 bits per heavy atom. The number of hydrogen-bond donors (Lipinski definition) is 1. The Balaban J connectivity index is 1.73. The van der Waals surface area contributed by atoms with Crippen LogP contribution in [0, 0.1) is 0 Å². The van der Waals surface area contributed by atoms with Gasteiger partial charge in [-0.1, -0.05) is 42.4 Å². The molecular weight excluding hydrogens is 288 g/mol. The molecule has 2 aromatic rings. The van der Waals surface area contributed by atoms with Crippen LogP contribution in [0.3, 0.4) is 0 Å². The van der Waals surface area contributed by atoms with Crippen molar-refractivity contribution >= 4 is 11.8 Å². The number of aliphatic hydroxyl groups is 1. The Hall–Kier alpha value is -1.37. The number of aromatic nitrogens is 2. The number of ether oxygens (including phenoxy) is 1. The second-order valence-corrected chi connectivity index (χ2v) is 6.22. The average molecular weight is 306 g/mol. The lowest BCUT2D eigenvalue weighted by Gasteiger charge is -2.19. The highest BCUT2D eigenvalue weighted by Gasteiger charge is 2.27. The van der Waals surface area contributed by atoms with Crippen molar-refractivity contribution in [2.24, 2.45) is 0 Å². The number of thioether (sulfide) groups is 1. The van der Waals surface area contributed by atoms with Gasteiger partial charge in [0, 0.05) is 11.5 Å². The number of benzene rings is 1. The average Bonchev–Trinajstić information content (AvgIpc) is 3.05. The summed E-state index contributed by atoms with van der Waals surface area (Å²) in [7, 11) is 0. The molecule has 0 bridgehead atoms. The predicted octanol–water partition coefficient (Wildman–Crippen LogP) is 2.71. The van der Waals surface area contributed by atoms with Gasteiger partial charge in [-0.2, -0.15) is 16.7 Å². The largest absolute Gasteiger partial charge is 0.388 e. The standard InChI is InChI=1S/C15H18N2O3S/c1-10(13(18)11-5-3-2-4-6-11)15-16-14(17-20-15)12-9-21-8-7-19-12/h2-6,10,12-13,18H,7-9H2,1H3. The molecule has 1 saturated heterocycles. The van der Waals surface area contributed by atoms with Crippen LogP contribution in [0.25, 0.3) is 0 Å². The zero-order chi connectivity index (χ0) is 14.7. The molecule has 0 saturated carbocycles. The lowest BCUT2D eigenvalue weighted by atomic mass is 9.97. The molecular formula is C15H18N2O3S. The van der Waals surface area contributed by atoms with Gasteiger partial charge in [-0.15, -0.1) is 0 Å². The van der Waals surface area contributed by atoms with Gasteiger partial charge in [0.15, 0.2) is 0 Å². The molecule has 3 rings (SSSR count). The third-order valence-corrected chi connectivity index (χ3v) is 4.56. The maximum absolute atomic E-state index is 10.4. The van der Waals surface area contributed by atoms with Gasteiger partial charge in [0.25, 0.3) is 0 Å². The van der Waals surface area contributed by atoms with Crippen LogP contribution in [0.2, 0.25) is 0 Å². The maximum Gasteiger partial charge on any atom is 0.232 e. The molecule has 1 aliphatic heterocycles. The summed E-state index contributed by atoms with van der Waals surface area (Å²) in [5, 5.41) is 14.4. The van der Waals surface area contributed by atoms with Crippen molar-refractivity contribution in [1.82, 2.24) is 10.1 Å². The summed E-state index contributed by atoms with van der Waals surface area (Å²) in [5.74, 6) is 2.61. The number of hydrogen-bond acceptors (Lipinski definition) is 6. The lowest BCUT2D eigenvalue weighted by Crippen LogP contribution is -2.17. The molecule has 1 aliphatic rings. The van der Waals surface area contributed by atoms with Crippen LogP contribution in [0.4, 0.5) is 0 Å². The molecule has 1 aromatic carbocycles. The summed E-state index contributed by atoms with van der Waals surface area (Å²) in [6, 6.07) is 9.50. The minimum atomic E-state index is -0.666. The van der Waals surface area contributed by atoms with E-state index in [0.29, 0.717) is 18.3 Å². The summed E-state index contributed by atoms with van der Waals surface area (Å²) in [6.45, 7) is 2.59. The molecule has 5 nitrogen and oxygen atoms in total. The zero-order valence-electron chi connectivity index (χ0n) is 11.8. The third-order valence-electron chi connectivity index (χ3n) is 3.57. The second-order valence-electron chi connectivity index (χ2n) is 5.07. The fraction of sp³-hybridized carbons (Fsp3) is 0.467. The van der Waals surface area contributed by atoms with E-state index in [1.807, 2.05) is 49.0 Å². The quantitative estimate of drug-likeness (QED) is 0.936. The minimum Gasteiger partial charge on any atom is -0.388 e. The topological polar surface area (TPSA) is 68.4 Å². The van der Waals surface area contributed by atoms with Crippen molar-refractivity contribution in [3.63, 3.8) is 0 Å². The van der Waals surface area contributed by atoms with Gasteiger partial charge in [-0.25, -0.2) is 0 Å². The van der Waals surface area contributed by atoms with E-state index in [2.05, 4.69) is 10.1 Å². The SMILES string of the molecule is CC(c1nc(C2CSCCO2)no1)C(O)c1ccccc1. The van der Waals surface area contributed by atoms with E-state index in [9.17, 15) is 5.11 Å². The highest BCUT2D eigenvalue weighted by atomic mass is 32.2. The molecule has 1 fully saturated rings. The predicted molar refractivity (Wildman–Crippen MR) is 80.1 cm³/mol. The second kappa shape index (κ2) is 6.60. The van der Waals surface area contributed by atoms with Crippen molar-refractivity contribution in [3.05, 3.63) is 47.6 Å². The Labute approximate surface area is 127 Å². The number of nitrogens with zero attached hydrogens (tertiary/aromatic N) is 2. The minimum absolute atomic E-state index is 0.109. The normalized spacial score (nSPS) is 21.9. The van der Waals surface area contributed by atoms with Crippen molar-refractivity contribution in [3.8, 4) is 0 Å². The van der Waals surface area contributed by atoms with Gasteiger partial charge >= 0.3 is 0 Å². The summed E-state index contributed by atoms with van der Waals surface area (Å²) >= 11 is 1.82. The molecule has 1 aromatic heterocycles. The molecule has 0 amide bonds. The Morgan fingerprint density at radius 3 is 2.86 bits per heavy atom. The molecule has 3 unspecified atom stereocenters. The molecule has 21 heavy (non-hydrogen) atoms. The van der Waals surface area contributed by atoms with E-state index in [0.717, 1.165) is 17.1 Å². The van der Waals surface area contributed by atoms with E-state index in [1.165, 1.54) is 0 Å². The highest BCUT2D eigenvalue weighted by Crippen LogP contribution is 2.31. The first-order valence-electron chi connectivity index (χ1n) is 7.01. The van der Waals surface area contributed by atoms with Crippen LogP contribution in [0.5, 0.6) is 0 Å². The van der Waals surface area contributed by atoms with Crippen LogP contribution in [-0.2, 0) is 4.74 Å². The molecule has 3 atom stereocenters. The van der Waals surface area contributed by atoms with E-state index in [4.69, 9.17) is 9.26 Å². The van der Waals surface area contributed by atoms with Crippen molar-refractivity contribution in [2.45, 2.75) is 25.0 Å². The molecule has 0 radical (unpaired) electrons. The smallest absolute Gasteiger partial charge is 0.232 e. The summed E-state index contributed by atoms with van der Waals surface area (Å²) in [4.78, 5) is 4.40.